The van der Waals surface area contributed by atoms with Crippen molar-refractivity contribution >= 4 is 76.6 Å². The minimum Gasteiger partial charge on any atom is -0.454 e. The van der Waals surface area contributed by atoms with Crippen LogP contribution in [0, 0.1) is 0 Å². The Morgan fingerprint density at radius 1 is 0.367 bits per heavy atom. The predicted molar refractivity (Wildman–Crippen MR) is 248 cm³/mol. The molecule has 0 bridgehead atoms. The molecule has 0 N–H and O–H groups in total. The average molecular weight is 767 g/mol. The summed E-state index contributed by atoms with van der Waals surface area (Å²) in [7, 11) is 0. The van der Waals surface area contributed by atoms with E-state index in [0.29, 0.717) is 0 Å². The second-order valence-corrected chi connectivity index (χ2v) is 15.5. The summed E-state index contributed by atoms with van der Waals surface area (Å²) >= 11 is 0. The molecule has 0 aliphatic rings. The maximum absolute atomic E-state index is 6.94. The average Bonchev–Trinajstić information content (AvgIpc) is 4.07. The minimum absolute atomic E-state index is 0.860. The van der Waals surface area contributed by atoms with Gasteiger partial charge in [0.1, 0.15) is 11.4 Å². The van der Waals surface area contributed by atoms with Crippen LogP contribution in [0.3, 0.4) is 0 Å². The molecule has 13 aromatic rings. The molecule has 13 rings (SSSR count). The summed E-state index contributed by atoms with van der Waals surface area (Å²) in [6, 6.07) is 73.5. The summed E-state index contributed by atoms with van der Waals surface area (Å²) in [6.07, 6.45) is 0. The van der Waals surface area contributed by atoms with E-state index in [2.05, 4.69) is 208 Å². The smallest absolute Gasteiger partial charge is 0.159 e. The standard InChI is InChI=1S/C55H34N4O/c1-3-15-37(16-4-1)57-46-24-10-7-19-40(46)43-34-51-44(33-50(43)57)41-20-8-11-25-47(41)59(51)49-27-13-22-42-53-39(21-14-28-52(53)60-54(42)49)35-29-31-36(32-30-35)55-56-45-23-9-12-26-48(45)58(55)38-17-5-2-6-18-38/h1-34H. The van der Waals surface area contributed by atoms with Crippen LogP contribution in [0.2, 0.25) is 0 Å². The number of hydrogen-bond donors (Lipinski definition) is 0. The number of imidazole rings is 1. The zero-order chi connectivity index (χ0) is 39.3. The molecule has 5 heteroatoms. The summed E-state index contributed by atoms with van der Waals surface area (Å²) in [6.45, 7) is 0. The molecule has 0 amide bonds. The molecule has 0 unspecified atom stereocenters. The topological polar surface area (TPSA) is 40.8 Å². The molecule has 0 radical (unpaired) electrons. The van der Waals surface area contributed by atoms with Gasteiger partial charge in [-0.2, -0.15) is 0 Å². The van der Waals surface area contributed by atoms with Crippen molar-refractivity contribution in [2.24, 2.45) is 0 Å². The van der Waals surface area contributed by atoms with Gasteiger partial charge in [-0.1, -0.05) is 133 Å². The van der Waals surface area contributed by atoms with Gasteiger partial charge in [0, 0.05) is 49.3 Å². The summed E-state index contributed by atoms with van der Waals surface area (Å²) in [5.41, 5.74) is 15.0. The van der Waals surface area contributed by atoms with Crippen LogP contribution in [0.1, 0.15) is 0 Å². The second-order valence-electron chi connectivity index (χ2n) is 15.5. The van der Waals surface area contributed by atoms with Crippen molar-refractivity contribution in [3.05, 3.63) is 206 Å². The Morgan fingerprint density at radius 2 is 0.917 bits per heavy atom. The minimum atomic E-state index is 0.860. The fraction of sp³-hybridized carbons (Fsp3) is 0. The van der Waals surface area contributed by atoms with E-state index in [-0.39, 0.29) is 0 Å². The highest BCUT2D eigenvalue weighted by atomic mass is 16.3. The van der Waals surface area contributed by atoms with E-state index in [1.54, 1.807) is 0 Å². The normalized spacial score (nSPS) is 12.0. The van der Waals surface area contributed by atoms with Crippen molar-refractivity contribution in [2.45, 2.75) is 0 Å². The van der Waals surface area contributed by atoms with Gasteiger partial charge < -0.3 is 13.6 Å². The predicted octanol–water partition coefficient (Wildman–Crippen LogP) is 14.5. The number of fused-ring (bicyclic) bond motifs is 10. The summed E-state index contributed by atoms with van der Waals surface area (Å²) < 4.78 is 14.0. The van der Waals surface area contributed by atoms with Crippen LogP contribution in [0.4, 0.5) is 0 Å². The number of nitrogens with zero attached hydrogens (tertiary/aromatic N) is 4. The zero-order valence-electron chi connectivity index (χ0n) is 32.3. The number of para-hydroxylation sites is 7. The molecule has 4 aromatic heterocycles. The van der Waals surface area contributed by atoms with Crippen molar-refractivity contribution in [1.82, 2.24) is 18.7 Å². The molecule has 0 aliphatic carbocycles. The molecule has 4 heterocycles. The lowest BCUT2D eigenvalue weighted by Gasteiger charge is -2.11. The van der Waals surface area contributed by atoms with Crippen molar-refractivity contribution in [3.63, 3.8) is 0 Å². The van der Waals surface area contributed by atoms with Crippen molar-refractivity contribution < 1.29 is 4.42 Å². The van der Waals surface area contributed by atoms with Crippen LogP contribution in [0.5, 0.6) is 0 Å². The molecule has 0 atom stereocenters. The van der Waals surface area contributed by atoms with Gasteiger partial charge in [0.15, 0.2) is 5.58 Å². The fourth-order valence-electron chi connectivity index (χ4n) is 9.65. The molecule has 0 aliphatic heterocycles. The van der Waals surface area contributed by atoms with Gasteiger partial charge in [-0.25, -0.2) is 4.98 Å². The van der Waals surface area contributed by atoms with Crippen LogP contribution < -0.4 is 0 Å². The first kappa shape index (κ1) is 32.9. The first-order valence-corrected chi connectivity index (χ1v) is 20.4. The first-order chi connectivity index (χ1) is 29.8. The highest BCUT2D eigenvalue weighted by Crippen LogP contribution is 2.44. The molecular formula is C55H34N4O. The van der Waals surface area contributed by atoms with E-state index in [9.17, 15) is 0 Å². The molecule has 0 fully saturated rings. The van der Waals surface area contributed by atoms with E-state index < -0.39 is 0 Å². The van der Waals surface area contributed by atoms with Gasteiger partial charge >= 0.3 is 0 Å². The van der Waals surface area contributed by atoms with E-state index in [4.69, 9.17) is 9.40 Å². The Kier molecular flexibility index (Phi) is 6.95. The molecule has 60 heavy (non-hydrogen) atoms. The maximum Gasteiger partial charge on any atom is 0.159 e. The molecule has 0 saturated carbocycles. The van der Waals surface area contributed by atoms with Crippen LogP contribution in [0.15, 0.2) is 211 Å². The number of aromatic nitrogens is 4. The Hall–Kier alpha value is -8.15. The molecule has 280 valence electrons. The fourth-order valence-corrected chi connectivity index (χ4v) is 9.65. The number of hydrogen-bond acceptors (Lipinski definition) is 2. The van der Waals surface area contributed by atoms with Crippen LogP contribution >= 0.6 is 0 Å². The highest BCUT2D eigenvalue weighted by Gasteiger charge is 2.22. The third-order valence-corrected chi connectivity index (χ3v) is 12.3. The largest absolute Gasteiger partial charge is 0.454 e. The zero-order valence-corrected chi connectivity index (χ0v) is 32.3. The lowest BCUT2D eigenvalue weighted by molar-refractivity contribution is 0.666. The van der Waals surface area contributed by atoms with Crippen LogP contribution in [-0.4, -0.2) is 18.7 Å². The third-order valence-electron chi connectivity index (χ3n) is 12.3. The molecule has 0 saturated heterocycles. The quantitative estimate of drug-likeness (QED) is 0.175. The van der Waals surface area contributed by atoms with Gasteiger partial charge in [-0.15, -0.1) is 0 Å². The second kappa shape index (κ2) is 12.7. The van der Waals surface area contributed by atoms with Crippen molar-refractivity contribution in [1.29, 1.82) is 0 Å². The summed E-state index contributed by atoms with van der Waals surface area (Å²) in [5.74, 6) is 0.915. The Labute approximate surface area is 344 Å². The SMILES string of the molecule is c1ccc(-n2c(-c3ccc(-c4cccc5oc6c(-n7c8ccccc8c8cc9c(cc87)c7ccccc7n9-c7ccccc7)cccc6c45)cc3)nc3ccccc32)cc1. The monoisotopic (exact) mass is 766 g/mol. The number of benzene rings is 9. The number of rotatable bonds is 5. The van der Waals surface area contributed by atoms with Gasteiger partial charge in [-0.05, 0) is 83.9 Å². The van der Waals surface area contributed by atoms with Crippen molar-refractivity contribution in [2.75, 3.05) is 0 Å². The Balaban J connectivity index is 0.997. The summed E-state index contributed by atoms with van der Waals surface area (Å²) in [4.78, 5) is 5.11. The lowest BCUT2D eigenvalue weighted by Crippen LogP contribution is -1.97. The highest BCUT2D eigenvalue weighted by molar-refractivity contribution is 6.20. The maximum atomic E-state index is 6.94. The van der Waals surface area contributed by atoms with Crippen LogP contribution in [0.25, 0.3) is 116 Å². The molecular weight excluding hydrogens is 733 g/mol. The van der Waals surface area contributed by atoms with Gasteiger partial charge in [0.25, 0.3) is 0 Å². The van der Waals surface area contributed by atoms with Gasteiger partial charge in [0.2, 0.25) is 0 Å². The van der Waals surface area contributed by atoms with E-state index in [0.717, 1.165) is 83.6 Å². The molecule has 5 nitrogen and oxygen atoms in total. The first-order valence-electron chi connectivity index (χ1n) is 20.4. The molecule has 0 spiro atoms. The van der Waals surface area contributed by atoms with Gasteiger partial charge in [-0.3, -0.25) is 4.57 Å². The third kappa shape index (κ3) is 4.71. The Bertz CT molecular complexity index is 3810. The van der Waals surface area contributed by atoms with Crippen LogP contribution in [-0.2, 0) is 0 Å². The Morgan fingerprint density at radius 3 is 1.63 bits per heavy atom. The summed E-state index contributed by atoms with van der Waals surface area (Å²) in [5, 5.41) is 7.04. The van der Waals surface area contributed by atoms with E-state index in [1.807, 2.05) is 12.1 Å². The van der Waals surface area contributed by atoms with Gasteiger partial charge in [0.05, 0.1) is 38.8 Å². The number of furan rings is 1. The van der Waals surface area contributed by atoms with Crippen molar-refractivity contribution in [3.8, 4) is 39.6 Å². The molecule has 9 aromatic carbocycles. The van der Waals surface area contributed by atoms with E-state index in [1.165, 1.54) is 32.6 Å². The lowest BCUT2D eigenvalue weighted by atomic mass is 9.98. The van der Waals surface area contributed by atoms with E-state index >= 15 is 0 Å².